The average Bonchev–Trinajstić information content (AvgIpc) is 2.57. The van der Waals surface area contributed by atoms with E-state index in [2.05, 4.69) is 45.2 Å². The van der Waals surface area contributed by atoms with Crippen molar-refractivity contribution in [3.8, 4) is 0 Å². The van der Waals surface area contributed by atoms with Gasteiger partial charge in [0.1, 0.15) is 0 Å². The van der Waals surface area contributed by atoms with E-state index < -0.39 is 8.32 Å². The summed E-state index contributed by atoms with van der Waals surface area (Å²) in [5, 5.41) is 0. The van der Waals surface area contributed by atoms with Crippen molar-refractivity contribution >= 4 is 8.32 Å². The Balaban J connectivity index is -0.000000653. The van der Waals surface area contributed by atoms with Crippen LogP contribution in [-0.4, -0.2) is 14.9 Å². The van der Waals surface area contributed by atoms with Gasteiger partial charge in [0.15, 0.2) is 8.32 Å². The molecule has 1 atom stereocenters. The number of rotatable bonds is 5. The average molecular weight is 328 g/mol. The van der Waals surface area contributed by atoms with Gasteiger partial charge < -0.3 is 29.2 Å². The maximum absolute atomic E-state index is 5.94. The van der Waals surface area contributed by atoms with Gasteiger partial charge in [0.2, 0.25) is 0 Å². The van der Waals surface area contributed by atoms with Crippen molar-refractivity contribution in [1.29, 1.82) is 0 Å². The number of halogens is 2. The molecule has 1 aliphatic rings. The molecule has 5 heteroatoms. The van der Waals surface area contributed by atoms with Gasteiger partial charge in [-0.25, -0.2) is 11.6 Å². The second-order valence-corrected chi connectivity index (χ2v) is 8.43. The summed E-state index contributed by atoms with van der Waals surface area (Å²) in [6.07, 6.45) is 10.0. The molecule has 1 rings (SSSR count). The van der Waals surface area contributed by atoms with Crippen LogP contribution in [0.3, 0.4) is 0 Å². The van der Waals surface area contributed by atoms with E-state index in [0.717, 1.165) is 13.0 Å². The van der Waals surface area contributed by atoms with E-state index in [1.165, 1.54) is 12.0 Å². The Kier molecular flexibility index (Phi) is 14.7. The van der Waals surface area contributed by atoms with Crippen LogP contribution >= 0.6 is 0 Å². The van der Waals surface area contributed by atoms with E-state index in [1.807, 2.05) is 0 Å². The third-order valence-electron chi connectivity index (χ3n) is 2.86. The minimum Gasteiger partial charge on any atom is -1.00 e. The van der Waals surface area contributed by atoms with Crippen molar-refractivity contribution in [2.75, 3.05) is 6.61 Å². The zero-order valence-electron chi connectivity index (χ0n) is 11.0. The van der Waals surface area contributed by atoms with Gasteiger partial charge in [-0.2, -0.15) is 6.08 Å². The molecule has 17 heavy (non-hydrogen) atoms. The fourth-order valence-corrected chi connectivity index (χ4v) is 5.10. The SMILES string of the molecule is CCO[Si](C)(C)C(CC)C1=[C-]CC=C1.[Cl-].[Cl-].[Ti+3]. The molecule has 1 unspecified atom stereocenters. The summed E-state index contributed by atoms with van der Waals surface area (Å²) in [7, 11) is -1.55. The molecule has 0 aromatic heterocycles. The summed E-state index contributed by atoms with van der Waals surface area (Å²) >= 11 is 0. The quantitative estimate of drug-likeness (QED) is 0.408. The molecular weight excluding hydrogens is 307 g/mol. The molecule has 0 spiro atoms. The second-order valence-electron chi connectivity index (χ2n) is 4.24. The molecular formula is C12H21Cl2OSiTi. The Morgan fingerprint density at radius 3 is 2.29 bits per heavy atom. The van der Waals surface area contributed by atoms with Crippen LogP contribution in [0.4, 0.5) is 0 Å². The third kappa shape index (κ3) is 6.61. The van der Waals surface area contributed by atoms with Gasteiger partial charge in [-0.3, -0.25) is 6.08 Å². The Labute approximate surface area is 134 Å². The summed E-state index contributed by atoms with van der Waals surface area (Å²) in [5.74, 6) is 0. The first-order chi connectivity index (χ1) is 6.61. The summed E-state index contributed by atoms with van der Waals surface area (Å²) in [4.78, 5) is 0. The maximum atomic E-state index is 5.94. The number of hydrogen-bond donors (Lipinski definition) is 0. The fourth-order valence-electron chi connectivity index (χ4n) is 2.22. The topological polar surface area (TPSA) is 9.23 Å². The predicted molar refractivity (Wildman–Crippen MR) is 63.7 cm³/mol. The van der Waals surface area contributed by atoms with E-state index in [4.69, 9.17) is 4.43 Å². The molecule has 0 aliphatic heterocycles. The van der Waals surface area contributed by atoms with Crippen LogP contribution in [0.5, 0.6) is 0 Å². The summed E-state index contributed by atoms with van der Waals surface area (Å²) in [6.45, 7) is 9.80. The van der Waals surface area contributed by atoms with E-state index in [9.17, 15) is 0 Å². The van der Waals surface area contributed by atoms with Gasteiger partial charge in [-0.15, -0.1) is 6.42 Å². The summed E-state index contributed by atoms with van der Waals surface area (Å²) in [6, 6.07) is 0. The molecule has 0 saturated heterocycles. The first-order valence-electron chi connectivity index (χ1n) is 5.53. The van der Waals surface area contributed by atoms with Crippen molar-refractivity contribution in [3.63, 3.8) is 0 Å². The van der Waals surface area contributed by atoms with Crippen LogP contribution in [0.25, 0.3) is 0 Å². The Bertz CT molecular complexity index is 255. The zero-order chi connectivity index (χ0) is 10.6. The van der Waals surface area contributed by atoms with Gasteiger partial charge in [0.25, 0.3) is 0 Å². The van der Waals surface area contributed by atoms with Gasteiger partial charge in [-0.05, 0) is 25.6 Å². The van der Waals surface area contributed by atoms with Crippen LogP contribution in [0.2, 0.25) is 18.6 Å². The molecule has 97 valence electrons. The van der Waals surface area contributed by atoms with Crippen molar-refractivity contribution in [2.24, 2.45) is 0 Å². The van der Waals surface area contributed by atoms with Crippen LogP contribution in [0.1, 0.15) is 26.7 Å². The van der Waals surface area contributed by atoms with Crippen molar-refractivity contribution in [1.82, 2.24) is 0 Å². The molecule has 0 bridgehead atoms. The fraction of sp³-hybridized carbons (Fsp3) is 0.667. The standard InChI is InChI=1S/C12H21OSi.2ClH.Ti/c1-5-12(11-9-7-8-10-11)14(3,4)13-6-2;;;/h7,9,12H,5-6,8H2,1-4H3;2*1H;/q-1;;;+3/p-2. The first kappa shape index (κ1) is 23.1. The molecule has 0 saturated carbocycles. The van der Waals surface area contributed by atoms with Crippen LogP contribution in [0.15, 0.2) is 17.7 Å². The first-order valence-corrected chi connectivity index (χ1v) is 8.51. The molecule has 0 fully saturated rings. The Hall–Kier alpha value is 0.951. The van der Waals surface area contributed by atoms with E-state index in [1.54, 1.807) is 0 Å². The smallest absolute Gasteiger partial charge is 1.00 e. The largest absolute Gasteiger partial charge is 3.00 e. The van der Waals surface area contributed by atoms with Crippen LogP contribution < -0.4 is 24.8 Å². The third-order valence-corrected chi connectivity index (χ3v) is 6.29. The van der Waals surface area contributed by atoms with Gasteiger partial charge in [0, 0.05) is 6.61 Å². The minimum atomic E-state index is -1.55. The van der Waals surface area contributed by atoms with Crippen LogP contribution in [-0.2, 0) is 26.1 Å². The van der Waals surface area contributed by atoms with Crippen LogP contribution in [0, 0.1) is 6.08 Å². The maximum Gasteiger partial charge on any atom is 3.00 e. The van der Waals surface area contributed by atoms with E-state index in [0.29, 0.717) is 5.54 Å². The minimum absolute atomic E-state index is 0. The molecule has 1 nitrogen and oxygen atoms in total. The normalized spacial score (nSPS) is 15.2. The van der Waals surface area contributed by atoms with Gasteiger partial charge in [-0.1, -0.05) is 13.3 Å². The monoisotopic (exact) mass is 327 g/mol. The van der Waals surface area contributed by atoms with Crippen molar-refractivity contribution < 1.29 is 51.0 Å². The van der Waals surface area contributed by atoms with Gasteiger partial charge in [0.05, 0.1) is 0 Å². The summed E-state index contributed by atoms with van der Waals surface area (Å²) < 4.78 is 5.94. The molecule has 0 aromatic carbocycles. The summed E-state index contributed by atoms with van der Waals surface area (Å²) in [5.41, 5.74) is 2.00. The molecule has 0 amide bonds. The van der Waals surface area contributed by atoms with E-state index >= 15 is 0 Å². The van der Waals surface area contributed by atoms with Crippen molar-refractivity contribution in [2.45, 2.75) is 45.3 Å². The van der Waals surface area contributed by atoms with Crippen molar-refractivity contribution in [3.05, 3.63) is 23.8 Å². The molecule has 0 N–H and O–H groups in total. The Morgan fingerprint density at radius 2 is 1.94 bits per heavy atom. The molecule has 0 aromatic rings. The van der Waals surface area contributed by atoms with E-state index in [-0.39, 0.29) is 46.5 Å². The number of hydrogen-bond acceptors (Lipinski definition) is 1. The molecule has 1 radical (unpaired) electrons. The Morgan fingerprint density at radius 1 is 1.35 bits per heavy atom. The molecule has 0 heterocycles. The molecule has 1 aliphatic carbocycles. The van der Waals surface area contributed by atoms with Gasteiger partial charge >= 0.3 is 21.7 Å². The zero-order valence-corrected chi connectivity index (χ0v) is 15.1. The number of allylic oxidation sites excluding steroid dienone is 4. The second kappa shape index (κ2) is 10.8. The predicted octanol–water partition coefficient (Wildman–Crippen LogP) is -2.30.